The lowest BCUT2D eigenvalue weighted by atomic mass is 9.98. The van der Waals surface area contributed by atoms with Gasteiger partial charge in [-0.15, -0.1) is 23.5 Å². The number of benzene rings is 1. The average molecular weight is 541 g/mol. The van der Waals surface area contributed by atoms with Crippen LogP contribution in [0.3, 0.4) is 0 Å². The number of thioether (sulfide) groups is 2. The van der Waals surface area contributed by atoms with Crippen molar-refractivity contribution in [2.24, 2.45) is 5.92 Å². The van der Waals surface area contributed by atoms with Crippen LogP contribution < -0.4 is 15.4 Å². The summed E-state index contributed by atoms with van der Waals surface area (Å²) in [6.45, 7) is 9.12. The summed E-state index contributed by atoms with van der Waals surface area (Å²) >= 11 is 3.68. The van der Waals surface area contributed by atoms with Crippen molar-refractivity contribution in [1.82, 2.24) is 10.6 Å². The minimum absolute atomic E-state index is 0.129. The van der Waals surface area contributed by atoms with E-state index >= 15 is 0 Å². The molecule has 2 N–H and O–H groups in total. The van der Waals surface area contributed by atoms with E-state index in [-0.39, 0.29) is 10.00 Å². The highest BCUT2D eigenvalue weighted by Gasteiger charge is 2.39. The van der Waals surface area contributed by atoms with Gasteiger partial charge in [0.1, 0.15) is 23.4 Å². The maximum absolute atomic E-state index is 13.4. The zero-order valence-electron chi connectivity index (χ0n) is 22.3. The van der Waals surface area contributed by atoms with Gasteiger partial charge in [0, 0.05) is 11.5 Å². The molecule has 0 saturated carbocycles. The molecule has 0 spiro atoms. The molecule has 1 aliphatic rings. The molecule has 202 valence electrons. The Balaban J connectivity index is 2.26. The van der Waals surface area contributed by atoms with Crippen LogP contribution >= 0.6 is 23.5 Å². The largest absolute Gasteiger partial charge is 0.497 e. The van der Waals surface area contributed by atoms with Crippen LogP contribution in [0.1, 0.15) is 59.4 Å². The van der Waals surface area contributed by atoms with Crippen LogP contribution in [0.2, 0.25) is 0 Å². The fourth-order valence-corrected chi connectivity index (χ4v) is 7.15. The fraction of sp³-hybridized carbons (Fsp3) is 0.654. The number of carbonyl (C=O) groups is 3. The van der Waals surface area contributed by atoms with Gasteiger partial charge in [0.25, 0.3) is 0 Å². The van der Waals surface area contributed by atoms with Gasteiger partial charge < -0.3 is 24.8 Å². The van der Waals surface area contributed by atoms with Gasteiger partial charge in [0.15, 0.2) is 0 Å². The second-order valence-electron chi connectivity index (χ2n) is 9.81. The Morgan fingerprint density at radius 2 is 1.67 bits per heavy atom. The van der Waals surface area contributed by atoms with E-state index in [9.17, 15) is 14.4 Å². The molecular weight excluding hydrogens is 500 g/mol. The second kappa shape index (κ2) is 13.5. The smallest absolute Gasteiger partial charge is 0.408 e. The van der Waals surface area contributed by atoms with Crippen LogP contribution in [0.5, 0.6) is 5.75 Å². The number of ether oxygens (including phenoxy) is 3. The molecule has 1 fully saturated rings. The second-order valence-corrected chi connectivity index (χ2v) is 12.9. The molecular formula is C26H40N2O6S2. The van der Waals surface area contributed by atoms with E-state index in [1.54, 1.807) is 27.9 Å². The van der Waals surface area contributed by atoms with Gasteiger partial charge in [-0.25, -0.2) is 9.59 Å². The molecule has 1 aromatic rings. The number of nitrogens with one attached hydrogen (secondary N) is 2. The van der Waals surface area contributed by atoms with Crippen LogP contribution in [0.4, 0.5) is 4.79 Å². The first-order valence-electron chi connectivity index (χ1n) is 12.2. The zero-order chi connectivity index (χ0) is 26.9. The Bertz CT molecular complexity index is 881. The topological polar surface area (TPSA) is 103 Å². The van der Waals surface area contributed by atoms with E-state index < -0.39 is 35.7 Å². The van der Waals surface area contributed by atoms with Crippen molar-refractivity contribution in [3.8, 4) is 5.75 Å². The first kappa shape index (κ1) is 30.2. The van der Waals surface area contributed by atoms with Crippen molar-refractivity contribution in [2.75, 3.05) is 25.7 Å². The average Bonchev–Trinajstić information content (AvgIpc) is 3.33. The maximum Gasteiger partial charge on any atom is 0.408 e. The third-order valence-corrected chi connectivity index (χ3v) is 9.61. The number of carbonyl (C=O) groups excluding carboxylic acids is 3. The van der Waals surface area contributed by atoms with Gasteiger partial charge in [-0.2, -0.15) is 0 Å². The zero-order valence-corrected chi connectivity index (χ0v) is 24.0. The van der Waals surface area contributed by atoms with E-state index in [0.717, 1.165) is 22.8 Å². The van der Waals surface area contributed by atoms with Crippen molar-refractivity contribution in [2.45, 2.75) is 75.6 Å². The van der Waals surface area contributed by atoms with Crippen LogP contribution in [-0.2, 0) is 23.1 Å². The van der Waals surface area contributed by atoms with Gasteiger partial charge in [0.2, 0.25) is 5.91 Å². The summed E-state index contributed by atoms with van der Waals surface area (Å²) in [5, 5.41) is 5.56. The summed E-state index contributed by atoms with van der Waals surface area (Å²) < 4.78 is 15.4. The number of amides is 2. The van der Waals surface area contributed by atoms with E-state index in [0.29, 0.717) is 19.3 Å². The molecule has 0 radical (unpaired) electrons. The highest BCUT2D eigenvalue weighted by atomic mass is 32.2. The first-order chi connectivity index (χ1) is 16.9. The Morgan fingerprint density at radius 1 is 1.06 bits per heavy atom. The minimum Gasteiger partial charge on any atom is -0.497 e. The molecule has 0 aromatic heterocycles. The molecule has 1 heterocycles. The predicted octanol–water partition coefficient (Wildman–Crippen LogP) is 4.71. The number of esters is 1. The molecule has 1 saturated heterocycles. The van der Waals surface area contributed by atoms with Crippen molar-refractivity contribution in [1.29, 1.82) is 0 Å². The Kier molecular flexibility index (Phi) is 11.3. The summed E-state index contributed by atoms with van der Waals surface area (Å²) in [6.07, 6.45) is 1.00. The van der Waals surface area contributed by atoms with Gasteiger partial charge >= 0.3 is 12.1 Å². The molecule has 3 atom stereocenters. The van der Waals surface area contributed by atoms with Crippen molar-refractivity contribution in [3.63, 3.8) is 0 Å². The SMILES string of the molecule is CC[C@H](C)[C@H](NC(=O)[C@H](CCC1(c2ccc(OC)cc2)SCCS1)NC(=O)OC(C)(C)C)C(=O)OC. The summed E-state index contributed by atoms with van der Waals surface area (Å²) in [6, 6.07) is 6.29. The number of alkyl carbamates (subject to hydrolysis) is 1. The van der Waals surface area contributed by atoms with Crippen LogP contribution in [0.15, 0.2) is 24.3 Å². The fourth-order valence-electron chi connectivity index (χ4n) is 3.86. The van der Waals surface area contributed by atoms with Crippen LogP contribution in [0.25, 0.3) is 0 Å². The standard InChI is InChI=1S/C26H40N2O6S2/c1-8-17(2)21(23(30)33-7)28-22(29)20(27-24(31)34-25(3,4)5)13-14-26(35-15-16-36-26)18-9-11-19(32-6)12-10-18/h9-12,17,20-21H,8,13-16H2,1-7H3,(H,27,31)(H,28,29)/t17-,20-,21-/m0/s1. The summed E-state index contributed by atoms with van der Waals surface area (Å²) in [4.78, 5) is 38.4. The molecule has 10 heteroatoms. The van der Waals surface area contributed by atoms with Gasteiger partial charge in [-0.3, -0.25) is 4.79 Å². The molecule has 0 bridgehead atoms. The first-order valence-corrected chi connectivity index (χ1v) is 14.2. The third-order valence-electron chi connectivity index (χ3n) is 6.02. The molecule has 36 heavy (non-hydrogen) atoms. The molecule has 2 amide bonds. The maximum atomic E-state index is 13.4. The highest BCUT2D eigenvalue weighted by Crippen LogP contribution is 2.55. The normalized spacial score (nSPS) is 17.4. The number of rotatable bonds is 11. The summed E-state index contributed by atoms with van der Waals surface area (Å²) in [5.74, 6) is 1.69. The lowest BCUT2D eigenvalue weighted by Crippen LogP contribution is -2.54. The summed E-state index contributed by atoms with van der Waals surface area (Å²) in [5.41, 5.74) is 0.428. The van der Waals surface area contributed by atoms with E-state index in [1.165, 1.54) is 7.11 Å². The quantitative estimate of drug-likeness (QED) is 0.389. The molecule has 1 aliphatic heterocycles. The van der Waals surface area contributed by atoms with Gasteiger partial charge in [-0.05, 0) is 57.2 Å². The van der Waals surface area contributed by atoms with Crippen molar-refractivity contribution >= 4 is 41.5 Å². The van der Waals surface area contributed by atoms with Gasteiger partial charge in [-0.1, -0.05) is 32.4 Å². The number of hydrogen-bond donors (Lipinski definition) is 2. The number of hydrogen-bond acceptors (Lipinski definition) is 8. The number of methoxy groups -OCH3 is 2. The van der Waals surface area contributed by atoms with E-state index in [4.69, 9.17) is 14.2 Å². The molecule has 2 rings (SSSR count). The minimum atomic E-state index is -0.881. The van der Waals surface area contributed by atoms with Crippen LogP contribution in [-0.4, -0.2) is 61.4 Å². The Hall–Kier alpha value is -2.07. The van der Waals surface area contributed by atoms with E-state index in [2.05, 4.69) is 22.8 Å². The van der Waals surface area contributed by atoms with Crippen molar-refractivity contribution in [3.05, 3.63) is 29.8 Å². The molecule has 1 aromatic carbocycles. The monoisotopic (exact) mass is 540 g/mol. The molecule has 0 unspecified atom stereocenters. The molecule has 8 nitrogen and oxygen atoms in total. The lowest BCUT2D eigenvalue weighted by molar-refractivity contribution is -0.146. The Morgan fingerprint density at radius 3 is 2.17 bits per heavy atom. The lowest BCUT2D eigenvalue weighted by Gasteiger charge is -2.31. The molecule has 0 aliphatic carbocycles. The highest BCUT2D eigenvalue weighted by molar-refractivity contribution is 8.20. The predicted molar refractivity (Wildman–Crippen MR) is 145 cm³/mol. The van der Waals surface area contributed by atoms with E-state index in [1.807, 2.05) is 49.5 Å². The van der Waals surface area contributed by atoms with Gasteiger partial charge in [0.05, 0.1) is 18.3 Å². The third kappa shape index (κ3) is 8.50. The van der Waals surface area contributed by atoms with Crippen LogP contribution in [0, 0.1) is 5.92 Å². The summed E-state index contributed by atoms with van der Waals surface area (Å²) in [7, 11) is 2.93. The van der Waals surface area contributed by atoms with Crippen molar-refractivity contribution < 1.29 is 28.6 Å². The Labute approximate surface area is 223 Å².